The first kappa shape index (κ1) is 24.4. The van der Waals surface area contributed by atoms with Crippen molar-refractivity contribution in [3.05, 3.63) is 0 Å². The Hall–Kier alpha value is -0.570. The van der Waals surface area contributed by atoms with E-state index in [0.29, 0.717) is 17.3 Å². The van der Waals surface area contributed by atoms with Gasteiger partial charge in [-0.3, -0.25) is 4.79 Å². The lowest BCUT2D eigenvalue weighted by molar-refractivity contribution is -0.121. The summed E-state index contributed by atoms with van der Waals surface area (Å²) >= 11 is 0. The van der Waals surface area contributed by atoms with Crippen molar-refractivity contribution in [2.75, 3.05) is 20.3 Å². The molecule has 0 heterocycles. The summed E-state index contributed by atoms with van der Waals surface area (Å²) in [4.78, 5) is 11.8. The van der Waals surface area contributed by atoms with Crippen molar-refractivity contribution >= 4 is 5.91 Å². The lowest BCUT2D eigenvalue weighted by Crippen LogP contribution is -2.29. The van der Waals surface area contributed by atoms with Crippen molar-refractivity contribution in [1.82, 2.24) is 5.32 Å². The Morgan fingerprint density at radius 2 is 1.36 bits per heavy atom. The van der Waals surface area contributed by atoms with Gasteiger partial charge in [-0.15, -0.1) is 0 Å². The van der Waals surface area contributed by atoms with E-state index in [2.05, 4.69) is 39.9 Å². The standard InChI is InChI=1S/C22H45NO2/c1-21(2,3)22(4,5)17-13-9-7-8-12-16-20(24)23-18-14-10-11-15-19-25-6/h7-19H2,1-6H3,(H,23,24). The topological polar surface area (TPSA) is 38.3 Å². The SMILES string of the molecule is COCCCCCCNC(=O)CCCCCCCC(C)(C)C(C)(C)C. The van der Waals surface area contributed by atoms with Gasteiger partial charge >= 0.3 is 0 Å². The molecule has 0 bridgehead atoms. The molecule has 0 spiro atoms. The second-order valence-corrected chi connectivity index (χ2v) is 9.16. The van der Waals surface area contributed by atoms with E-state index in [1.807, 2.05) is 0 Å². The molecule has 1 N–H and O–H groups in total. The second-order valence-electron chi connectivity index (χ2n) is 9.16. The molecule has 3 nitrogen and oxygen atoms in total. The van der Waals surface area contributed by atoms with Crippen LogP contribution in [-0.2, 0) is 9.53 Å². The van der Waals surface area contributed by atoms with Crippen LogP contribution in [-0.4, -0.2) is 26.2 Å². The third-order valence-corrected chi connectivity index (χ3v) is 5.83. The number of unbranched alkanes of at least 4 members (excludes halogenated alkanes) is 7. The van der Waals surface area contributed by atoms with E-state index in [9.17, 15) is 4.79 Å². The molecule has 0 aliphatic rings. The van der Waals surface area contributed by atoms with Crippen LogP contribution >= 0.6 is 0 Å². The summed E-state index contributed by atoms with van der Waals surface area (Å²) in [5.74, 6) is 0.228. The van der Waals surface area contributed by atoms with Crippen LogP contribution in [0.25, 0.3) is 0 Å². The Morgan fingerprint density at radius 3 is 2.00 bits per heavy atom. The van der Waals surface area contributed by atoms with Gasteiger partial charge in [-0.2, -0.15) is 0 Å². The molecule has 1 amide bonds. The minimum Gasteiger partial charge on any atom is -0.385 e. The highest BCUT2D eigenvalue weighted by Gasteiger charge is 2.31. The molecule has 0 aromatic carbocycles. The molecule has 0 saturated heterocycles. The summed E-state index contributed by atoms with van der Waals surface area (Å²) in [6, 6.07) is 0. The molecule has 3 heteroatoms. The predicted molar refractivity (Wildman–Crippen MR) is 109 cm³/mol. The number of carbonyl (C=O) groups is 1. The highest BCUT2D eigenvalue weighted by Crippen LogP contribution is 2.41. The molecule has 0 aliphatic heterocycles. The van der Waals surface area contributed by atoms with E-state index < -0.39 is 0 Å². The molecule has 0 rings (SSSR count). The molecule has 0 aliphatic carbocycles. The van der Waals surface area contributed by atoms with E-state index in [-0.39, 0.29) is 5.91 Å². The maximum atomic E-state index is 11.8. The van der Waals surface area contributed by atoms with Crippen LogP contribution < -0.4 is 5.32 Å². The Morgan fingerprint density at radius 1 is 0.800 bits per heavy atom. The number of amides is 1. The predicted octanol–water partition coefficient (Wildman–Crippen LogP) is 6.11. The molecule has 0 radical (unpaired) electrons. The maximum Gasteiger partial charge on any atom is 0.219 e. The summed E-state index contributed by atoms with van der Waals surface area (Å²) < 4.78 is 5.03. The van der Waals surface area contributed by atoms with Gasteiger partial charge in [0, 0.05) is 26.7 Å². The van der Waals surface area contributed by atoms with Crippen LogP contribution in [0, 0.1) is 10.8 Å². The summed E-state index contributed by atoms with van der Waals surface area (Å²) in [5.41, 5.74) is 0.769. The van der Waals surface area contributed by atoms with Gasteiger partial charge in [0.05, 0.1) is 0 Å². The summed E-state index contributed by atoms with van der Waals surface area (Å²) in [6.07, 6.45) is 12.6. The highest BCUT2D eigenvalue weighted by molar-refractivity contribution is 5.75. The summed E-state index contributed by atoms with van der Waals surface area (Å²) in [7, 11) is 1.74. The molecule has 0 unspecified atom stereocenters. The molecule has 0 saturated carbocycles. The van der Waals surface area contributed by atoms with Crippen LogP contribution in [0.3, 0.4) is 0 Å². The number of methoxy groups -OCH3 is 1. The van der Waals surface area contributed by atoms with Crippen LogP contribution in [0.2, 0.25) is 0 Å². The van der Waals surface area contributed by atoms with Crippen LogP contribution in [0.1, 0.15) is 105 Å². The Kier molecular flexibility index (Phi) is 13.3. The Labute approximate surface area is 157 Å². The molecule has 150 valence electrons. The first-order chi connectivity index (χ1) is 11.7. The van der Waals surface area contributed by atoms with Crippen molar-refractivity contribution in [1.29, 1.82) is 0 Å². The number of rotatable bonds is 15. The zero-order valence-electron chi connectivity index (χ0n) is 18.0. The molecular weight excluding hydrogens is 310 g/mol. The monoisotopic (exact) mass is 355 g/mol. The van der Waals surface area contributed by atoms with Gasteiger partial charge in [0.15, 0.2) is 0 Å². The van der Waals surface area contributed by atoms with Crippen LogP contribution in [0.4, 0.5) is 0 Å². The fourth-order valence-electron chi connectivity index (χ4n) is 2.80. The maximum absolute atomic E-state index is 11.8. The van der Waals surface area contributed by atoms with Crippen molar-refractivity contribution in [2.45, 2.75) is 105 Å². The van der Waals surface area contributed by atoms with Gasteiger partial charge in [-0.25, -0.2) is 0 Å². The average Bonchev–Trinajstić information content (AvgIpc) is 2.52. The fraction of sp³-hybridized carbons (Fsp3) is 0.955. The number of nitrogens with one attached hydrogen (secondary N) is 1. The number of carbonyl (C=O) groups excluding carboxylic acids is 1. The van der Waals surface area contributed by atoms with E-state index in [1.54, 1.807) is 7.11 Å². The Balaban J connectivity index is 3.44. The number of ether oxygens (including phenoxy) is 1. The van der Waals surface area contributed by atoms with Gasteiger partial charge in [0.25, 0.3) is 0 Å². The van der Waals surface area contributed by atoms with E-state index in [1.165, 1.54) is 44.9 Å². The van der Waals surface area contributed by atoms with Gasteiger partial charge in [-0.05, 0) is 36.5 Å². The lowest BCUT2D eigenvalue weighted by atomic mass is 9.67. The first-order valence-corrected chi connectivity index (χ1v) is 10.5. The molecule has 0 aromatic rings. The molecular formula is C22H45NO2. The van der Waals surface area contributed by atoms with Crippen molar-refractivity contribution in [3.8, 4) is 0 Å². The second kappa shape index (κ2) is 13.6. The van der Waals surface area contributed by atoms with Gasteiger partial charge in [-0.1, -0.05) is 73.1 Å². The van der Waals surface area contributed by atoms with E-state index in [0.717, 1.165) is 32.4 Å². The molecule has 25 heavy (non-hydrogen) atoms. The fourth-order valence-corrected chi connectivity index (χ4v) is 2.80. The van der Waals surface area contributed by atoms with Crippen LogP contribution in [0.5, 0.6) is 0 Å². The van der Waals surface area contributed by atoms with Crippen LogP contribution in [0.15, 0.2) is 0 Å². The van der Waals surface area contributed by atoms with Gasteiger partial charge in [0.2, 0.25) is 5.91 Å². The zero-order valence-corrected chi connectivity index (χ0v) is 18.0. The van der Waals surface area contributed by atoms with Crippen molar-refractivity contribution < 1.29 is 9.53 Å². The largest absolute Gasteiger partial charge is 0.385 e. The quantitative estimate of drug-likeness (QED) is 0.360. The zero-order chi connectivity index (χ0) is 19.2. The van der Waals surface area contributed by atoms with Gasteiger partial charge < -0.3 is 10.1 Å². The summed E-state index contributed by atoms with van der Waals surface area (Å²) in [5, 5.41) is 3.04. The normalized spacial score (nSPS) is 12.4. The minimum atomic E-state index is 0.228. The lowest BCUT2D eigenvalue weighted by Gasteiger charge is -2.39. The van der Waals surface area contributed by atoms with Crippen molar-refractivity contribution in [2.24, 2.45) is 10.8 Å². The molecule has 0 atom stereocenters. The minimum absolute atomic E-state index is 0.228. The third-order valence-electron chi connectivity index (χ3n) is 5.83. The highest BCUT2D eigenvalue weighted by atomic mass is 16.5. The van der Waals surface area contributed by atoms with E-state index in [4.69, 9.17) is 4.74 Å². The smallest absolute Gasteiger partial charge is 0.219 e. The molecule has 0 fully saturated rings. The third kappa shape index (κ3) is 13.3. The van der Waals surface area contributed by atoms with Crippen molar-refractivity contribution in [3.63, 3.8) is 0 Å². The Bertz CT molecular complexity index is 331. The molecule has 0 aromatic heterocycles. The first-order valence-electron chi connectivity index (χ1n) is 10.5. The number of hydrogen-bond acceptors (Lipinski definition) is 2. The number of hydrogen-bond donors (Lipinski definition) is 1. The van der Waals surface area contributed by atoms with Gasteiger partial charge in [0.1, 0.15) is 0 Å². The van der Waals surface area contributed by atoms with E-state index >= 15 is 0 Å². The summed E-state index contributed by atoms with van der Waals surface area (Å²) in [6.45, 7) is 13.5. The average molecular weight is 356 g/mol.